The van der Waals surface area contributed by atoms with Crippen LogP contribution < -0.4 is 4.74 Å². The highest BCUT2D eigenvalue weighted by atomic mass is 32.1. The summed E-state index contributed by atoms with van der Waals surface area (Å²) < 4.78 is 8.22. The highest BCUT2D eigenvalue weighted by Crippen LogP contribution is 2.37. The first-order chi connectivity index (χ1) is 10.3. The molecule has 4 heterocycles. The number of imidazole rings is 1. The average molecular weight is 305 g/mol. The lowest BCUT2D eigenvalue weighted by molar-refractivity contribution is 0.174. The van der Waals surface area contributed by atoms with E-state index in [-0.39, 0.29) is 0 Å². The molecule has 2 aliphatic rings. The Morgan fingerprint density at radius 1 is 1.24 bits per heavy atom. The number of hydrogen-bond donors (Lipinski definition) is 1. The summed E-state index contributed by atoms with van der Waals surface area (Å²) in [6, 6.07) is 0.997. The van der Waals surface area contributed by atoms with Gasteiger partial charge in [-0.05, 0) is 38.0 Å². The standard InChI is InChI=1S/C14H19N5OS/c1-20-13-11-12(15-8-16-13)19(14(21)17-11)10-5-7-18-6-3-2-4-9(10)18/h8-10H,2-7H2,1H3,(H,17,21). The molecule has 2 unspecified atom stereocenters. The van der Waals surface area contributed by atoms with Crippen LogP contribution in [0.4, 0.5) is 0 Å². The lowest BCUT2D eigenvalue weighted by Crippen LogP contribution is -2.37. The summed E-state index contributed by atoms with van der Waals surface area (Å²) in [5.74, 6) is 0.559. The van der Waals surface area contributed by atoms with Crippen molar-refractivity contribution in [1.29, 1.82) is 0 Å². The fourth-order valence-corrected chi connectivity index (χ4v) is 4.22. The van der Waals surface area contributed by atoms with Crippen molar-refractivity contribution < 1.29 is 4.74 Å². The molecule has 7 heteroatoms. The zero-order valence-corrected chi connectivity index (χ0v) is 12.9. The number of ether oxygens (including phenoxy) is 1. The molecule has 0 aliphatic carbocycles. The van der Waals surface area contributed by atoms with Gasteiger partial charge in [0, 0.05) is 12.6 Å². The van der Waals surface area contributed by atoms with Crippen molar-refractivity contribution >= 4 is 23.4 Å². The maximum atomic E-state index is 5.56. The Bertz CT molecular complexity index is 724. The number of aromatic amines is 1. The third kappa shape index (κ3) is 1.98. The minimum atomic E-state index is 0.408. The Morgan fingerprint density at radius 2 is 2.14 bits per heavy atom. The highest BCUT2D eigenvalue weighted by molar-refractivity contribution is 7.71. The lowest BCUT2D eigenvalue weighted by Gasteiger charge is -2.32. The molecule has 2 saturated heterocycles. The minimum Gasteiger partial charge on any atom is -0.479 e. The minimum absolute atomic E-state index is 0.408. The highest BCUT2D eigenvalue weighted by Gasteiger charge is 2.37. The molecule has 2 atom stereocenters. The Morgan fingerprint density at radius 3 is 3.00 bits per heavy atom. The van der Waals surface area contributed by atoms with Gasteiger partial charge in [0.1, 0.15) is 11.8 Å². The van der Waals surface area contributed by atoms with Crippen LogP contribution in [0.3, 0.4) is 0 Å². The summed E-state index contributed by atoms with van der Waals surface area (Å²) in [7, 11) is 1.62. The first kappa shape index (κ1) is 13.2. The number of rotatable bonds is 2. The molecule has 0 radical (unpaired) electrons. The molecule has 2 aromatic rings. The van der Waals surface area contributed by atoms with Gasteiger partial charge in [0.25, 0.3) is 0 Å². The molecule has 6 nitrogen and oxygen atoms in total. The number of hydrogen-bond acceptors (Lipinski definition) is 5. The van der Waals surface area contributed by atoms with Gasteiger partial charge in [0.2, 0.25) is 5.88 Å². The largest absolute Gasteiger partial charge is 0.479 e. The second kappa shape index (κ2) is 5.06. The van der Waals surface area contributed by atoms with Crippen LogP contribution in [-0.2, 0) is 0 Å². The normalized spacial score (nSPS) is 26.1. The van der Waals surface area contributed by atoms with Gasteiger partial charge >= 0.3 is 0 Å². The predicted octanol–water partition coefficient (Wildman–Crippen LogP) is 2.30. The van der Waals surface area contributed by atoms with E-state index in [9.17, 15) is 0 Å². The Hall–Kier alpha value is -1.47. The van der Waals surface area contributed by atoms with E-state index in [1.165, 1.54) is 25.8 Å². The Balaban J connectivity index is 1.83. The van der Waals surface area contributed by atoms with E-state index in [1.54, 1.807) is 13.4 Å². The van der Waals surface area contributed by atoms with E-state index >= 15 is 0 Å². The van der Waals surface area contributed by atoms with Crippen molar-refractivity contribution in [2.75, 3.05) is 20.2 Å². The van der Waals surface area contributed by atoms with Crippen molar-refractivity contribution in [2.24, 2.45) is 0 Å². The second-order valence-corrected chi connectivity index (χ2v) is 6.22. The first-order valence-electron chi connectivity index (χ1n) is 7.53. The van der Waals surface area contributed by atoms with Gasteiger partial charge in [-0.3, -0.25) is 9.47 Å². The summed E-state index contributed by atoms with van der Waals surface area (Å²) in [5.41, 5.74) is 1.67. The SMILES string of the molecule is COc1ncnc2c1[nH]c(=S)n2C1CCN2CCCCC12. The van der Waals surface area contributed by atoms with Crippen molar-refractivity contribution in [3.05, 3.63) is 11.1 Å². The van der Waals surface area contributed by atoms with Gasteiger partial charge in [-0.15, -0.1) is 0 Å². The Labute approximate surface area is 128 Å². The van der Waals surface area contributed by atoms with Gasteiger partial charge in [-0.2, -0.15) is 4.98 Å². The number of H-pyrrole nitrogens is 1. The van der Waals surface area contributed by atoms with E-state index in [1.807, 2.05) is 0 Å². The molecule has 0 spiro atoms. The van der Waals surface area contributed by atoms with Crippen molar-refractivity contribution in [3.63, 3.8) is 0 Å². The van der Waals surface area contributed by atoms with Crippen LogP contribution in [0.15, 0.2) is 6.33 Å². The molecule has 0 aromatic carbocycles. The maximum absolute atomic E-state index is 5.56. The van der Waals surface area contributed by atoms with Crippen molar-refractivity contribution in [3.8, 4) is 5.88 Å². The van der Waals surface area contributed by atoms with Crippen molar-refractivity contribution in [1.82, 2.24) is 24.4 Å². The van der Waals surface area contributed by atoms with Crippen LogP contribution in [0.5, 0.6) is 5.88 Å². The topological polar surface area (TPSA) is 59.0 Å². The van der Waals surface area contributed by atoms with E-state index < -0.39 is 0 Å². The van der Waals surface area contributed by atoms with Crippen LogP contribution in [0.1, 0.15) is 31.7 Å². The molecule has 21 heavy (non-hydrogen) atoms. The number of aromatic nitrogens is 4. The molecule has 2 fully saturated rings. The molecular formula is C14H19N5OS. The molecule has 2 aromatic heterocycles. The zero-order chi connectivity index (χ0) is 14.4. The monoisotopic (exact) mass is 305 g/mol. The van der Waals surface area contributed by atoms with Crippen LogP contribution in [0.25, 0.3) is 11.2 Å². The average Bonchev–Trinajstić information content (AvgIpc) is 3.06. The first-order valence-corrected chi connectivity index (χ1v) is 7.93. The number of nitrogens with zero attached hydrogens (tertiary/aromatic N) is 4. The van der Waals surface area contributed by atoms with E-state index in [4.69, 9.17) is 17.0 Å². The molecule has 2 aliphatic heterocycles. The van der Waals surface area contributed by atoms with Crippen LogP contribution in [0, 0.1) is 4.77 Å². The van der Waals surface area contributed by atoms with Crippen molar-refractivity contribution in [2.45, 2.75) is 37.8 Å². The van der Waals surface area contributed by atoms with E-state index in [2.05, 4.69) is 24.4 Å². The summed E-state index contributed by atoms with van der Waals surface area (Å²) in [6.45, 7) is 2.38. The zero-order valence-electron chi connectivity index (χ0n) is 12.1. The van der Waals surface area contributed by atoms with Crippen LogP contribution >= 0.6 is 12.2 Å². The number of nitrogens with one attached hydrogen (secondary N) is 1. The summed E-state index contributed by atoms with van der Waals surface area (Å²) in [6.07, 6.45) is 6.57. The number of fused-ring (bicyclic) bond motifs is 2. The molecule has 0 saturated carbocycles. The summed E-state index contributed by atoms with van der Waals surface area (Å²) in [5, 5.41) is 0. The lowest BCUT2D eigenvalue weighted by atomic mass is 9.99. The third-order valence-electron chi connectivity index (χ3n) is 4.82. The Kier molecular flexibility index (Phi) is 3.19. The molecule has 4 rings (SSSR count). The summed E-state index contributed by atoms with van der Waals surface area (Å²) >= 11 is 5.56. The molecular weight excluding hydrogens is 286 g/mol. The van der Waals surface area contributed by atoms with Gasteiger partial charge in [-0.25, -0.2) is 4.98 Å². The molecule has 112 valence electrons. The number of methoxy groups -OCH3 is 1. The van der Waals surface area contributed by atoms with Gasteiger partial charge in [0.15, 0.2) is 10.4 Å². The van der Waals surface area contributed by atoms with Crippen LogP contribution in [-0.4, -0.2) is 50.7 Å². The van der Waals surface area contributed by atoms with Gasteiger partial charge in [0.05, 0.1) is 13.2 Å². The third-order valence-corrected chi connectivity index (χ3v) is 5.12. The van der Waals surface area contributed by atoms with Crippen LogP contribution in [0.2, 0.25) is 0 Å². The van der Waals surface area contributed by atoms with Gasteiger partial charge in [-0.1, -0.05) is 6.42 Å². The molecule has 1 N–H and O–H groups in total. The predicted molar refractivity (Wildman–Crippen MR) is 82.1 cm³/mol. The molecule has 0 amide bonds. The second-order valence-electron chi connectivity index (χ2n) is 5.84. The van der Waals surface area contributed by atoms with E-state index in [0.717, 1.165) is 28.9 Å². The summed E-state index contributed by atoms with van der Waals surface area (Å²) in [4.78, 5) is 14.4. The van der Waals surface area contributed by atoms with E-state index in [0.29, 0.717) is 18.0 Å². The number of piperidine rings is 1. The maximum Gasteiger partial charge on any atom is 0.242 e. The smallest absolute Gasteiger partial charge is 0.242 e. The quantitative estimate of drug-likeness (QED) is 0.863. The fraction of sp³-hybridized carbons (Fsp3) is 0.643. The van der Waals surface area contributed by atoms with Gasteiger partial charge < -0.3 is 9.72 Å². The molecule has 0 bridgehead atoms. The fourth-order valence-electron chi connectivity index (χ4n) is 3.90.